The number of hydrogen-bond acceptors (Lipinski definition) is 4. The van der Waals surface area contributed by atoms with Crippen LogP contribution in [0.25, 0.3) is 0 Å². The van der Waals surface area contributed by atoms with E-state index in [9.17, 15) is 9.59 Å². The predicted molar refractivity (Wildman–Crippen MR) is 95.5 cm³/mol. The summed E-state index contributed by atoms with van der Waals surface area (Å²) in [4.78, 5) is 25.7. The van der Waals surface area contributed by atoms with E-state index < -0.39 is 5.41 Å². The fourth-order valence-electron chi connectivity index (χ4n) is 3.24. The Morgan fingerprint density at radius 3 is 2.88 bits per heavy atom. The van der Waals surface area contributed by atoms with Crippen molar-refractivity contribution in [3.8, 4) is 5.75 Å². The van der Waals surface area contributed by atoms with E-state index in [0.717, 1.165) is 12.8 Å². The van der Waals surface area contributed by atoms with Crippen LogP contribution in [-0.2, 0) is 14.3 Å². The Labute approximate surface area is 153 Å². The van der Waals surface area contributed by atoms with E-state index in [0.29, 0.717) is 43.5 Å². The van der Waals surface area contributed by atoms with Crippen molar-refractivity contribution < 1.29 is 19.1 Å². The van der Waals surface area contributed by atoms with E-state index in [1.54, 1.807) is 30.2 Å². The standard InChI is InChI=1S/C18H25ClN2O4/c1-24-9-6-17(23)21-8-3-7-18(12-21,11-16(20)22)13-25-15-5-2-4-14(19)10-15/h2,4-5,10H,3,6-9,11-13H2,1H3,(H2,20,22)/t18-/m0/s1. The highest BCUT2D eigenvalue weighted by molar-refractivity contribution is 6.30. The molecular formula is C18H25ClN2O4. The number of nitrogens with two attached hydrogens (primary N) is 1. The zero-order valence-corrected chi connectivity index (χ0v) is 15.3. The van der Waals surface area contributed by atoms with Gasteiger partial charge in [-0.3, -0.25) is 9.59 Å². The van der Waals surface area contributed by atoms with E-state index in [1.165, 1.54) is 0 Å². The summed E-state index contributed by atoms with van der Waals surface area (Å²) >= 11 is 5.98. The number of carbonyl (C=O) groups is 2. The van der Waals surface area contributed by atoms with Crippen LogP contribution >= 0.6 is 11.6 Å². The lowest BCUT2D eigenvalue weighted by Crippen LogP contribution is -2.50. The van der Waals surface area contributed by atoms with Crippen LogP contribution in [0.1, 0.15) is 25.7 Å². The highest BCUT2D eigenvalue weighted by Gasteiger charge is 2.39. The number of likely N-dealkylation sites (tertiary alicyclic amines) is 1. The molecule has 1 aliphatic heterocycles. The number of ether oxygens (including phenoxy) is 2. The number of benzene rings is 1. The number of methoxy groups -OCH3 is 1. The van der Waals surface area contributed by atoms with Gasteiger partial charge in [0.05, 0.1) is 19.6 Å². The molecule has 0 radical (unpaired) electrons. The van der Waals surface area contributed by atoms with E-state index in [4.69, 9.17) is 26.8 Å². The molecule has 1 saturated heterocycles. The first-order valence-electron chi connectivity index (χ1n) is 8.37. The normalized spacial score (nSPS) is 20.3. The lowest BCUT2D eigenvalue weighted by molar-refractivity contribution is -0.138. The molecule has 138 valence electrons. The Morgan fingerprint density at radius 2 is 2.20 bits per heavy atom. The van der Waals surface area contributed by atoms with Crippen molar-refractivity contribution in [2.45, 2.75) is 25.7 Å². The molecule has 1 fully saturated rings. The van der Waals surface area contributed by atoms with Crippen LogP contribution in [0.5, 0.6) is 5.75 Å². The molecule has 1 aromatic carbocycles. The zero-order chi connectivity index (χ0) is 18.3. The highest BCUT2D eigenvalue weighted by Crippen LogP contribution is 2.35. The van der Waals surface area contributed by atoms with E-state index >= 15 is 0 Å². The fourth-order valence-corrected chi connectivity index (χ4v) is 3.42. The summed E-state index contributed by atoms with van der Waals surface area (Å²) in [5.74, 6) is 0.276. The summed E-state index contributed by atoms with van der Waals surface area (Å²) in [5.41, 5.74) is 4.99. The molecule has 0 spiro atoms. The molecule has 25 heavy (non-hydrogen) atoms. The summed E-state index contributed by atoms with van der Waals surface area (Å²) in [6.07, 6.45) is 2.11. The monoisotopic (exact) mass is 368 g/mol. The number of amides is 2. The minimum atomic E-state index is -0.477. The Bertz CT molecular complexity index is 610. The molecule has 0 aliphatic carbocycles. The molecule has 1 atom stereocenters. The molecule has 1 heterocycles. The number of rotatable bonds is 8. The number of carbonyl (C=O) groups excluding carboxylic acids is 2. The van der Waals surface area contributed by atoms with Gasteiger partial charge in [0.25, 0.3) is 0 Å². The maximum Gasteiger partial charge on any atom is 0.224 e. The number of nitrogens with zero attached hydrogens (tertiary/aromatic N) is 1. The summed E-state index contributed by atoms with van der Waals surface area (Å²) in [6.45, 7) is 1.83. The first-order valence-corrected chi connectivity index (χ1v) is 8.75. The molecule has 1 aromatic rings. The number of halogens is 1. The quantitative estimate of drug-likeness (QED) is 0.762. The van der Waals surface area contributed by atoms with Gasteiger partial charge in [0.15, 0.2) is 0 Å². The van der Waals surface area contributed by atoms with Crippen LogP contribution in [0, 0.1) is 5.41 Å². The smallest absolute Gasteiger partial charge is 0.224 e. The van der Waals surface area contributed by atoms with Gasteiger partial charge in [-0.15, -0.1) is 0 Å². The first-order chi connectivity index (χ1) is 11.9. The Morgan fingerprint density at radius 1 is 1.40 bits per heavy atom. The second kappa shape index (κ2) is 9.06. The van der Waals surface area contributed by atoms with Crippen molar-refractivity contribution in [2.75, 3.05) is 33.4 Å². The lowest BCUT2D eigenvalue weighted by Gasteiger charge is -2.42. The summed E-state index contributed by atoms with van der Waals surface area (Å²) < 4.78 is 10.9. The summed E-state index contributed by atoms with van der Waals surface area (Å²) in [5, 5.41) is 0.585. The van der Waals surface area contributed by atoms with Gasteiger partial charge in [-0.05, 0) is 31.0 Å². The molecule has 0 bridgehead atoms. The molecular weight excluding hydrogens is 344 g/mol. The number of primary amides is 1. The Kier molecular flexibility index (Phi) is 7.08. The van der Waals surface area contributed by atoms with E-state index in [1.807, 2.05) is 6.07 Å². The molecule has 1 aliphatic rings. The van der Waals surface area contributed by atoms with Crippen LogP contribution in [-0.4, -0.2) is 50.1 Å². The van der Waals surface area contributed by atoms with Crippen LogP contribution in [0.3, 0.4) is 0 Å². The van der Waals surface area contributed by atoms with Crippen molar-refractivity contribution >= 4 is 23.4 Å². The molecule has 6 nitrogen and oxygen atoms in total. The largest absolute Gasteiger partial charge is 0.493 e. The van der Waals surface area contributed by atoms with Crippen LogP contribution in [0.4, 0.5) is 0 Å². The van der Waals surface area contributed by atoms with Gasteiger partial charge in [-0.1, -0.05) is 17.7 Å². The van der Waals surface area contributed by atoms with Crippen molar-refractivity contribution in [3.63, 3.8) is 0 Å². The molecule has 0 aromatic heterocycles. The van der Waals surface area contributed by atoms with Crippen molar-refractivity contribution in [1.29, 1.82) is 0 Å². The van der Waals surface area contributed by atoms with Gasteiger partial charge < -0.3 is 20.1 Å². The highest BCUT2D eigenvalue weighted by atomic mass is 35.5. The van der Waals surface area contributed by atoms with Gasteiger partial charge in [0.1, 0.15) is 5.75 Å². The average Bonchev–Trinajstić information content (AvgIpc) is 2.57. The van der Waals surface area contributed by atoms with Gasteiger partial charge in [-0.2, -0.15) is 0 Å². The van der Waals surface area contributed by atoms with Crippen LogP contribution in [0.2, 0.25) is 5.02 Å². The predicted octanol–water partition coefficient (Wildman–Crippen LogP) is 2.24. The minimum absolute atomic E-state index is 0.0261. The molecule has 2 N–H and O–H groups in total. The minimum Gasteiger partial charge on any atom is -0.493 e. The van der Waals surface area contributed by atoms with Gasteiger partial charge in [0.2, 0.25) is 11.8 Å². The SMILES string of the molecule is COCCC(=O)N1CCC[C@](COc2cccc(Cl)c2)(CC(N)=O)C1. The van der Waals surface area contributed by atoms with Crippen LogP contribution < -0.4 is 10.5 Å². The topological polar surface area (TPSA) is 81.9 Å². The van der Waals surface area contributed by atoms with Crippen LogP contribution in [0.15, 0.2) is 24.3 Å². The zero-order valence-electron chi connectivity index (χ0n) is 14.5. The van der Waals surface area contributed by atoms with Gasteiger partial charge in [-0.25, -0.2) is 0 Å². The van der Waals surface area contributed by atoms with E-state index in [2.05, 4.69) is 0 Å². The summed E-state index contributed by atoms with van der Waals surface area (Å²) in [7, 11) is 1.57. The summed E-state index contributed by atoms with van der Waals surface area (Å²) in [6, 6.07) is 7.11. The third kappa shape index (κ3) is 5.90. The Balaban J connectivity index is 2.07. The number of piperidine rings is 1. The molecule has 0 unspecified atom stereocenters. The molecule has 2 amide bonds. The maximum absolute atomic E-state index is 12.3. The van der Waals surface area contributed by atoms with Crippen molar-refractivity contribution in [2.24, 2.45) is 11.1 Å². The van der Waals surface area contributed by atoms with E-state index in [-0.39, 0.29) is 18.2 Å². The second-order valence-electron chi connectivity index (χ2n) is 6.55. The van der Waals surface area contributed by atoms with Gasteiger partial charge >= 0.3 is 0 Å². The second-order valence-corrected chi connectivity index (χ2v) is 6.99. The van der Waals surface area contributed by atoms with Crippen molar-refractivity contribution in [3.05, 3.63) is 29.3 Å². The third-order valence-electron chi connectivity index (χ3n) is 4.42. The first kappa shape index (κ1) is 19.5. The number of hydrogen-bond donors (Lipinski definition) is 1. The van der Waals surface area contributed by atoms with Crippen molar-refractivity contribution in [1.82, 2.24) is 4.90 Å². The van der Waals surface area contributed by atoms with Gasteiger partial charge in [0, 0.05) is 37.1 Å². The Hall–Kier alpha value is -1.79. The fraction of sp³-hybridized carbons (Fsp3) is 0.556. The third-order valence-corrected chi connectivity index (χ3v) is 4.66. The molecule has 0 saturated carbocycles. The average molecular weight is 369 g/mol. The maximum atomic E-state index is 12.3. The molecule has 2 rings (SSSR count). The lowest BCUT2D eigenvalue weighted by atomic mass is 9.77. The molecule has 7 heteroatoms.